The van der Waals surface area contributed by atoms with E-state index in [1.807, 2.05) is 13.8 Å². The van der Waals surface area contributed by atoms with E-state index in [-0.39, 0.29) is 22.1 Å². The van der Waals surface area contributed by atoms with Gasteiger partial charge in [0.25, 0.3) is 5.91 Å². The highest BCUT2D eigenvalue weighted by molar-refractivity contribution is 6.39. The monoisotopic (exact) mass is 525 g/mol. The highest BCUT2D eigenvalue weighted by atomic mass is 35.5. The van der Waals surface area contributed by atoms with Crippen LogP contribution in [0.3, 0.4) is 0 Å². The van der Waals surface area contributed by atoms with E-state index in [1.54, 1.807) is 44.2 Å². The zero-order valence-electron chi connectivity index (χ0n) is 20.3. The maximum Gasteiger partial charge on any atom is 0.276 e. The van der Waals surface area contributed by atoms with Crippen molar-refractivity contribution in [1.82, 2.24) is 0 Å². The average Bonchev–Trinajstić information content (AvgIpc) is 2.83. The Morgan fingerprint density at radius 3 is 2.06 bits per heavy atom. The number of benzene rings is 2. The molecule has 190 valence electrons. The first-order valence-electron chi connectivity index (χ1n) is 11.2. The number of hydrogen-bond donors (Lipinski definition) is 0. The SMILES string of the molecule is CCOc1ccc(OCC)c(N=NC(C(C)=O)C(=O)N(Cl)c2cccc(OCC)c2OCC)c1Cl. The van der Waals surface area contributed by atoms with Crippen molar-refractivity contribution < 1.29 is 28.5 Å². The number of hydrogen-bond acceptors (Lipinski definition) is 8. The van der Waals surface area contributed by atoms with Gasteiger partial charge in [0.1, 0.15) is 27.9 Å². The second-order valence-corrected chi connectivity index (χ2v) is 7.62. The van der Waals surface area contributed by atoms with E-state index < -0.39 is 17.7 Å². The van der Waals surface area contributed by atoms with Gasteiger partial charge in [-0.15, -0.1) is 5.11 Å². The van der Waals surface area contributed by atoms with Gasteiger partial charge in [0.15, 0.2) is 17.3 Å². The van der Waals surface area contributed by atoms with E-state index in [4.69, 9.17) is 42.3 Å². The molecule has 0 saturated carbocycles. The van der Waals surface area contributed by atoms with Crippen LogP contribution in [0.25, 0.3) is 0 Å². The number of ketones is 1. The number of carbonyl (C=O) groups is 2. The van der Waals surface area contributed by atoms with E-state index >= 15 is 0 Å². The van der Waals surface area contributed by atoms with Gasteiger partial charge >= 0.3 is 0 Å². The van der Waals surface area contributed by atoms with Crippen molar-refractivity contribution in [3.63, 3.8) is 0 Å². The van der Waals surface area contributed by atoms with Gasteiger partial charge in [-0.05, 0) is 58.9 Å². The third-order valence-electron chi connectivity index (χ3n) is 4.49. The topological polar surface area (TPSA) is 99.0 Å². The van der Waals surface area contributed by atoms with Gasteiger partial charge in [-0.1, -0.05) is 17.7 Å². The summed E-state index contributed by atoms with van der Waals surface area (Å²) in [5.74, 6) is -0.0285. The van der Waals surface area contributed by atoms with Crippen LogP contribution < -0.4 is 23.4 Å². The first kappa shape index (κ1) is 28.2. The highest BCUT2D eigenvalue weighted by Gasteiger charge is 2.31. The lowest BCUT2D eigenvalue weighted by molar-refractivity contribution is -0.126. The van der Waals surface area contributed by atoms with Gasteiger partial charge in [-0.2, -0.15) is 5.11 Å². The molecule has 0 bridgehead atoms. The van der Waals surface area contributed by atoms with Gasteiger partial charge in [0.2, 0.25) is 6.04 Å². The van der Waals surface area contributed by atoms with Crippen LogP contribution in [0.1, 0.15) is 34.6 Å². The molecule has 2 aromatic rings. The van der Waals surface area contributed by atoms with E-state index in [9.17, 15) is 9.59 Å². The summed E-state index contributed by atoms with van der Waals surface area (Å²) in [5, 5.41) is 8.22. The molecule has 11 heteroatoms. The summed E-state index contributed by atoms with van der Waals surface area (Å²) in [6.45, 7) is 9.84. The van der Waals surface area contributed by atoms with Crippen molar-refractivity contribution in [2.75, 3.05) is 30.8 Å². The maximum atomic E-state index is 13.2. The molecule has 0 aromatic heterocycles. The molecule has 0 saturated heterocycles. The lowest BCUT2D eigenvalue weighted by Crippen LogP contribution is -2.36. The van der Waals surface area contributed by atoms with Crippen molar-refractivity contribution in [2.24, 2.45) is 10.2 Å². The first-order chi connectivity index (χ1) is 16.8. The molecule has 0 aliphatic carbocycles. The quantitative estimate of drug-likeness (QED) is 0.176. The Balaban J connectivity index is 2.46. The largest absolute Gasteiger partial charge is 0.492 e. The van der Waals surface area contributed by atoms with E-state index in [2.05, 4.69) is 10.2 Å². The average molecular weight is 526 g/mol. The van der Waals surface area contributed by atoms with E-state index in [1.165, 1.54) is 6.92 Å². The van der Waals surface area contributed by atoms with Crippen LogP contribution in [0, 0.1) is 0 Å². The number of rotatable bonds is 13. The molecule has 0 spiro atoms. The van der Waals surface area contributed by atoms with Gasteiger partial charge in [0, 0.05) is 11.8 Å². The minimum atomic E-state index is -1.54. The molecule has 2 aromatic carbocycles. The summed E-state index contributed by atoms with van der Waals surface area (Å²) in [5.41, 5.74) is 0.338. The molecule has 2 rings (SSSR count). The molecule has 1 unspecified atom stereocenters. The second-order valence-electron chi connectivity index (χ2n) is 6.91. The number of Topliss-reactive ketones (excluding diaryl/α,β-unsaturated/α-hetero) is 1. The number of carbonyl (C=O) groups excluding carboxylic acids is 2. The van der Waals surface area contributed by atoms with Crippen LogP contribution in [0.2, 0.25) is 5.02 Å². The van der Waals surface area contributed by atoms with Crippen molar-refractivity contribution in [2.45, 2.75) is 40.7 Å². The molecule has 9 nitrogen and oxygen atoms in total. The zero-order valence-corrected chi connectivity index (χ0v) is 21.9. The fourth-order valence-electron chi connectivity index (χ4n) is 3.02. The summed E-state index contributed by atoms with van der Waals surface area (Å²) < 4.78 is 23.1. The number of azo groups is 1. The van der Waals surface area contributed by atoms with Gasteiger partial charge in [0.05, 0.1) is 26.4 Å². The van der Waals surface area contributed by atoms with Crippen LogP contribution in [0.5, 0.6) is 23.0 Å². The first-order valence-corrected chi connectivity index (χ1v) is 11.9. The predicted octanol–water partition coefficient (Wildman–Crippen LogP) is 6.16. The molecule has 0 aliphatic rings. The lowest BCUT2D eigenvalue weighted by atomic mass is 10.2. The lowest BCUT2D eigenvalue weighted by Gasteiger charge is -2.21. The number of halogens is 2. The fraction of sp³-hybridized carbons (Fsp3) is 0.417. The molecule has 0 radical (unpaired) electrons. The van der Waals surface area contributed by atoms with Crippen LogP contribution in [0.15, 0.2) is 40.6 Å². The maximum absolute atomic E-state index is 13.2. The van der Waals surface area contributed by atoms with Crippen LogP contribution in [0.4, 0.5) is 11.4 Å². The highest BCUT2D eigenvalue weighted by Crippen LogP contribution is 2.43. The molecular weight excluding hydrogens is 497 g/mol. The summed E-state index contributed by atoms with van der Waals surface area (Å²) in [6.07, 6.45) is 0. The number of ether oxygens (including phenoxy) is 4. The summed E-state index contributed by atoms with van der Waals surface area (Å²) in [4.78, 5) is 25.6. The number of para-hydroxylation sites is 1. The van der Waals surface area contributed by atoms with Crippen molar-refractivity contribution in [3.8, 4) is 23.0 Å². The summed E-state index contributed by atoms with van der Waals surface area (Å²) in [7, 11) is 0. The van der Waals surface area contributed by atoms with E-state index in [0.29, 0.717) is 43.7 Å². The Bertz CT molecular complexity index is 1060. The van der Waals surface area contributed by atoms with Gasteiger partial charge < -0.3 is 18.9 Å². The van der Waals surface area contributed by atoms with Crippen LogP contribution >= 0.6 is 23.4 Å². The Hall–Kier alpha value is -3.04. The van der Waals surface area contributed by atoms with Crippen molar-refractivity contribution in [1.29, 1.82) is 0 Å². The zero-order chi connectivity index (χ0) is 26.0. The molecule has 0 fully saturated rings. The normalized spacial score (nSPS) is 11.7. The van der Waals surface area contributed by atoms with Crippen LogP contribution in [-0.4, -0.2) is 44.2 Å². The second kappa shape index (κ2) is 13.7. The van der Waals surface area contributed by atoms with Crippen molar-refractivity contribution in [3.05, 3.63) is 35.4 Å². The third kappa shape index (κ3) is 6.99. The Labute approximate surface area is 215 Å². The smallest absolute Gasteiger partial charge is 0.276 e. The van der Waals surface area contributed by atoms with Gasteiger partial charge in [-0.25, -0.2) is 4.42 Å². The molecule has 0 N–H and O–H groups in total. The Kier molecular flexibility index (Phi) is 11.1. The Morgan fingerprint density at radius 1 is 0.886 bits per heavy atom. The molecular formula is C24H29Cl2N3O6. The minimum Gasteiger partial charge on any atom is -0.492 e. The molecule has 35 heavy (non-hydrogen) atoms. The third-order valence-corrected chi connectivity index (χ3v) is 5.20. The molecule has 1 amide bonds. The minimum absolute atomic E-state index is 0.132. The summed E-state index contributed by atoms with van der Waals surface area (Å²) >= 11 is 12.8. The number of nitrogens with zero attached hydrogens (tertiary/aromatic N) is 3. The molecule has 0 heterocycles. The van der Waals surface area contributed by atoms with Crippen LogP contribution in [-0.2, 0) is 9.59 Å². The molecule has 0 aliphatic heterocycles. The summed E-state index contributed by atoms with van der Waals surface area (Å²) in [6, 6.07) is 6.65. The number of amides is 1. The molecule has 1 atom stereocenters. The fourth-order valence-corrected chi connectivity index (χ4v) is 3.50. The predicted molar refractivity (Wildman–Crippen MR) is 135 cm³/mol. The number of anilines is 1. The Morgan fingerprint density at radius 2 is 1.46 bits per heavy atom. The van der Waals surface area contributed by atoms with E-state index in [0.717, 1.165) is 4.42 Å². The standard InChI is InChI=1S/C24H29Cl2N3O6/c1-6-32-17-13-14-18(33-7-2)22(20(17)25)28-27-21(15(5)30)24(31)29(26)16-11-10-12-19(34-8-3)23(16)35-9-4/h10-14,21H,6-9H2,1-5H3. The van der Waals surface area contributed by atoms with Crippen molar-refractivity contribution >= 4 is 46.4 Å². The van der Waals surface area contributed by atoms with Gasteiger partial charge in [-0.3, -0.25) is 9.59 Å².